The summed E-state index contributed by atoms with van der Waals surface area (Å²) in [7, 11) is 3.33. The molecular formula is C18H19N5O3. The molecule has 1 fully saturated rings. The van der Waals surface area contributed by atoms with Crippen LogP contribution in [0.4, 0.5) is 17.3 Å². The fourth-order valence-corrected chi connectivity index (χ4v) is 3.04. The summed E-state index contributed by atoms with van der Waals surface area (Å²) in [6, 6.07) is 5.24. The van der Waals surface area contributed by atoms with E-state index >= 15 is 0 Å². The number of anilines is 3. The molecule has 0 spiro atoms. The van der Waals surface area contributed by atoms with Gasteiger partial charge < -0.3 is 20.3 Å². The average Bonchev–Trinajstić information content (AvgIpc) is 3.43. The lowest BCUT2D eigenvalue weighted by atomic mass is 10.1. The van der Waals surface area contributed by atoms with E-state index in [1.54, 1.807) is 37.3 Å². The molecule has 8 heteroatoms. The summed E-state index contributed by atoms with van der Waals surface area (Å²) in [4.78, 5) is 33.9. The van der Waals surface area contributed by atoms with E-state index in [9.17, 15) is 9.59 Å². The van der Waals surface area contributed by atoms with E-state index in [-0.39, 0.29) is 17.7 Å². The maximum absolute atomic E-state index is 12.1. The molecule has 1 aliphatic heterocycles. The van der Waals surface area contributed by atoms with Crippen LogP contribution in [-0.4, -0.2) is 40.8 Å². The van der Waals surface area contributed by atoms with E-state index in [1.807, 2.05) is 0 Å². The molecule has 0 atom stereocenters. The molecule has 2 N–H and O–H groups in total. The van der Waals surface area contributed by atoms with Gasteiger partial charge in [-0.1, -0.05) is 0 Å². The van der Waals surface area contributed by atoms with Gasteiger partial charge in [-0.05, 0) is 25.0 Å². The normalized spacial score (nSPS) is 15.6. The van der Waals surface area contributed by atoms with Gasteiger partial charge in [0.05, 0.1) is 19.3 Å². The molecule has 8 nitrogen and oxygen atoms in total. The maximum atomic E-state index is 12.1. The zero-order valence-electron chi connectivity index (χ0n) is 14.6. The first-order chi connectivity index (χ1) is 12.6. The van der Waals surface area contributed by atoms with Crippen molar-refractivity contribution in [3.8, 4) is 5.75 Å². The molecule has 2 heterocycles. The number of amides is 2. The van der Waals surface area contributed by atoms with E-state index in [0.29, 0.717) is 35.2 Å². The van der Waals surface area contributed by atoms with Gasteiger partial charge in [0, 0.05) is 30.2 Å². The lowest BCUT2D eigenvalue weighted by Gasteiger charge is -2.14. The molecule has 134 valence electrons. The summed E-state index contributed by atoms with van der Waals surface area (Å²) in [5.41, 5.74) is 2.20. The summed E-state index contributed by atoms with van der Waals surface area (Å²) >= 11 is 0. The Morgan fingerprint density at radius 1 is 1.27 bits per heavy atom. The highest BCUT2D eigenvalue weighted by molar-refractivity contribution is 6.00. The molecule has 4 rings (SSSR count). The lowest BCUT2D eigenvalue weighted by Crippen LogP contribution is -2.17. The van der Waals surface area contributed by atoms with Crippen molar-refractivity contribution in [3.05, 3.63) is 35.7 Å². The second kappa shape index (κ2) is 6.29. The van der Waals surface area contributed by atoms with E-state index in [4.69, 9.17) is 4.74 Å². The van der Waals surface area contributed by atoms with Crippen LogP contribution in [0.1, 0.15) is 28.8 Å². The Balaban J connectivity index is 1.59. The van der Waals surface area contributed by atoms with Crippen molar-refractivity contribution >= 4 is 29.1 Å². The fourth-order valence-electron chi connectivity index (χ4n) is 3.04. The van der Waals surface area contributed by atoms with Gasteiger partial charge in [0.1, 0.15) is 23.7 Å². The zero-order valence-corrected chi connectivity index (χ0v) is 14.6. The Morgan fingerprint density at radius 3 is 2.77 bits per heavy atom. The SMILES string of the molecule is COc1c(Nc2cc(NC(=O)C3CC3)ncn2)ccc2c1CN(C)C2=O. The second-order valence-corrected chi connectivity index (χ2v) is 6.51. The Morgan fingerprint density at radius 2 is 2.04 bits per heavy atom. The van der Waals surface area contributed by atoms with Crippen LogP contribution in [-0.2, 0) is 11.3 Å². The number of aromatic nitrogens is 2. The van der Waals surface area contributed by atoms with Gasteiger partial charge in [-0.25, -0.2) is 9.97 Å². The van der Waals surface area contributed by atoms with Crippen LogP contribution in [0, 0.1) is 5.92 Å². The minimum Gasteiger partial charge on any atom is -0.494 e. The van der Waals surface area contributed by atoms with Gasteiger partial charge in [0.25, 0.3) is 5.91 Å². The Hall–Kier alpha value is -3.16. The standard InChI is InChI=1S/C18H19N5O3/c1-23-8-12-11(18(23)25)5-6-13(16(12)26-2)21-14-7-15(20-9-19-14)22-17(24)10-3-4-10/h5-7,9-10H,3-4,8H2,1-2H3,(H2,19,20,21,22,24). The number of methoxy groups -OCH3 is 1. The molecule has 1 aromatic carbocycles. The fraction of sp³-hybridized carbons (Fsp3) is 0.333. The van der Waals surface area contributed by atoms with Crippen LogP contribution in [0.2, 0.25) is 0 Å². The van der Waals surface area contributed by atoms with E-state index in [1.165, 1.54) is 6.33 Å². The van der Waals surface area contributed by atoms with Crippen molar-refractivity contribution < 1.29 is 14.3 Å². The zero-order chi connectivity index (χ0) is 18.3. The molecule has 0 saturated heterocycles. The number of hydrogen-bond donors (Lipinski definition) is 2. The smallest absolute Gasteiger partial charge is 0.254 e. The highest BCUT2D eigenvalue weighted by Crippen LogP contribution is 2.37. The molecule has 2 aliphatic rings. The van der Waals surface area contributed by atoms with Crippen LogP contribution in [0.25, 0.3) is 0 Å². The van der Waals surface area contributed by atoms with E-state index < -0.39 is 0 Å². The Bertz CT molecular complexity index is 894. The predicted molar refractivity (Wildman–Crippen MR) is 95.5 cm³/mol. The van der Waals surface area contributed by atoms with Crippen molar-refractivity contribution in [2.75, 3.05) is 24.8 Å². The third-order valence-electron chi connectivity index (χ3n) is 4.57. The first-order valence-corrected chi connectivity index (χ1v) is 8.42. The number of benzene rings is 1. The molecule has 1 saturated carbocycles. The summed E-state index contributed by atoms with van der Waals surface area (Å²) in [5, 5.41) is 5.98. The third kappa shape index (κ3) is 2.94. The van der Waals surface area contributed by atoms with Crippen molar-refractivity contribution in [1.29, 1.82) is 0 Å². The third-order valence-corrected chi connectivity index (χ3v) is 4.57. The van der Waals surface area contributed by atoms with E-state index in [0.717, 1.165) is 18.4 Å². The highest BCUT2D eigenvalue weighted by Gasteiger charge is 2.30. The number of nitrogens with zero attached hydrogens (tertiary/aromatic N) is 3. The van der Waals surface area contributed by atoms with Gasteiger partial charge in [-0.2, -0.15) is 0 Å². The largest absolute Gasteiger partial charge is 0.494 e. The molecule has 0 radical (unpaired) electrons. The molecule has 1 aromatic heterocycles. The van der Waals surface area contributed by atoms with Gasteiger partial charge >= 0.3 is 0 Å². The van der Waals surface area contributed by atoms with Crippen molar-refractivity contribution in [1.82, 2.24) is 14.9 Å². The summed E-state index contributed by atoms with van der Waals surface area (Å²) in [5.74, 6) is 1.68. The highest BCUT2D eigenvalue weighted by atomic mass is 16.5. The number of rotatable bonds is 5. The summed E-state index contributed by atoms with van der Waals surface area (Å²) in [6.45, 7) is 0.499. The molecule has 26 heavy (non-hydrogen) atoms. The molecule has 0 bridgehead atoms. The monoisotopic (exact) mass is 353 g/mol. The lowest BCUT2D eigenvalue weighted by molar-refractivity contribution is -0.117. The predicted octanol–water partition coefficient (Wildman–Crippen LogP) is 2.16. The molecule has 1 aliphatic carbocycles. The minimum absolute atomic E-state index is 0.00805. The van der Waals surface area contributed by atoms with Gasteiger partial charge in [-0.15, -0.1) is 0 Å². The van der Waals surface area contributed by atoms with Crippen molar-refractivity contribution in [3.63, 3.8) is 0 Å². The van der Waals surface area contributed by atoms with Crippen LogP contribution in [0.3, 0.4) is 0 Å². The Labute approximate surface area is 150 Å². The first-order valence-electron chi connectivity index (χ1n) is 8.42. The van der Waals surface area contributed by atoms with Crippen LogP contribution < -0.4 is 15.4 Å². The van der Waals surface area contributed by atoms with Crippen LogP contribution in [0.5, 0.6) is 5.75 Å². The van der Waals surface area contributed by atoms with E-state index in [2.05, 4.69) is 20.6 Å². The molecule has 2 amide bonds. The van der Waals surface area contributed by atoms with Gasteiger partial charge in [0.2, 0.25) is 5.91 Å². The maximum Gasteiger partial charge on any atom is 0.254 e. The van der Waals surface area contributed by atoms with Crippen LogP contribution >= 0.6 is 0 Å². The number of fused-ring (bicyclic) bond motifs is 1. The molecule has 2 aromatic rings. The quantitative estimate of drug-likeness (QED) is 0.855. The Kier molecular flexibility index (Phi) is 3.95. The number of carbonyl (C=O) groups excluding carboxylic acids is 2. The molecule has 0 unspecified atom stereocenters. The number of hydrogen-bond acceptors (Lipinski definition) is 6. The summed E-state index contributed by atoms with van der Waals surface area (Å²) < 4.78 is 5.54. The van der Waals surface area contributed by atoms with Crippen molar-refractivity contribution in [2.24, 2.45) is 5.92 Å². The van der Waals surface area contributed by atoms with Crippen molar-refractivity contribution in [2.45, 2.75) is 19.4 Å². The first kappa shape index (κ1) is 16.3. The minimum atomic E-state index is -0.0167. The van der Waals surface area contributed by atoms with Gasteiger partial charge in [-0.3, -0.25) is 9.59 Å². The topological polar surface area (TPSA) is 96.4 Å². The second-order valence-electron chi connectivity index (χ2n) is 6.51. The number of ether oxygens (including phenoxy) is 1. The summed E-state index contributed by atoms with van der Waals surface area (Å²) in [6.07, 6.45) is 3.25. The van der Waals surface area contributed by atoms with Gasteiger partial charge in [0.15, 0.2) is 0 Å². The molecular weight excluding hydrogens is 334 g/mol. The number of nitrogens with one attached hydrogen (secondary N) is 2. The van der Waals surface area contributed by atoms with Crippen LogP contribution in [0.15, 0.2) is 24.5 Å². The average molecular weight is 353 g/mol. The number of carbonyl (C=O) groups is 2.